The van der Waals surface area contributed by atoms with Crippen LogP contribution in [0.25, 0.3) is 0 Å². The second-order valence-corrected chi connectivity index (χ2v) is 7.86. The maximum Gasteiger partial charge on any atom is 0.0186 e. The SMILES string of the molecule is CNC(CCC(C)(C)C)CSc1cccc(Br)c1. The van der Waals surface area contributed by atoms with E-state index in [1.807, 2.05) is 11.8 Å². The van der Waals surface area contributed by atoms with E-state index in [2.05, 4.69) is 73.3 Å². The minimum absolute atomic E-state index is 0.426. The van der Waals surface area contributed by atoms with Crippen molar-refractivity contribution in [2.75, 3.05) is 12.8 Å². The molecule has 1 N–H and O–H groups in total. The van der Waals surface area contributed by atoms with Gasteiger partial charge >= 0.3 is 0 Å². The summed E-state index contributed by atoms with van der Waals surface area (Å²) >= 11 is 5.44. The van der Waals surface area contributed by atoms with E-state index in [0.29, 0.717) is 11.5 Å². The molecule has 0 amide bonds. The van der Waals surface area contributed by atoms with Crippen molar-refractivity contribution in [3.8, 4) is 0 Å². The number of hydrogen-bond acceptors (Lipinski definition) is 2. The largest absolute Gasteiger partial charge is 0.316 e. The van der Waals surface area contributed by atoms with Crippen molar-refractivity contribution in [2.45, 2.75) is 44.6 Å². The van der Waals surface area contributed by atoms with E-state index >= 15 is 0 Å². The highest BCUT2D eigenvalue weighted by Gasteiger charge is 2.14. The van der Waals surface area contributed by atoms with Gasteiger partial charge in [0.25, 0.3) is 0 Å². The van der Waals surface area contributed by atoms with Crippen molar-refractivity contribution in [2.24, 2.45) is 5.41 Å². The molecule has 0 aliphatic heterocycles. The van der Waals surface area contributed by atoms with Crippen molar-refractivity contribution >= 4 is 27.7 Å². The second-order valence-electron chi connectivity index (χ2n) is 5.85. The molecule has 0 bridgehead atoms. The molecule has 3 heteroatoms. The molecule has 0 radical (unpaired) electrons. The normalized spacial score (nSPS) is 13.6. The average molecular weight is 330 g/mol. The molecule has 0 aromatic heterocycles. The van der Waals surface area contributed by atoms with Crippen LogP contribution in [0.2, 0.25) is 0 Å². The number of hydrogen-bond donors (Lipinski definition) is 1. The molecule has 0 aliphatic carbocycles. The highest BCUT2D eigenvalue weighted by Crippen LogP contribution is 2.26. The standard InChI is InChI=1S/C15H24BrNS/c1-15(2,3)9-8-13(17-4)11-18-14-7-5-6-12(16)10-14/h5-7,10,13,17H,8-9,11H2,1-4H3. The molecule has 1 aromatic rings. The maximum atomic E-state index is 3.51. The zero-order valence-corrected chi connectivity index (χ0v) is 14.2. The van der Waals surface area contributed by atoms with Crippen molar-refractivity contribution in [1.29, 1.82) is 0 Å². The van der Waals surface area contributed by atoms with Gasteiger partial charge in [0, 0.05) is 21.2 Å². The Morgan fingerprint density at radius 3 is 2.61 bits per heavy atom. The van der Waals surface area contributed by atoms with Crippen LogP contribution in [0.3, 0.4) is 0 Å². The van der Waals surface area contributed by atoms with E-state index < -0.39 is 0 Å². The van der Waals surface area contributed by atoms with Crippen LogP contribution in [-0.4, -0.2) is 18.8 Å². The van der Waals surface area contributed by atoms with Crippen LogP contribution in [0.4, 0.5) is 0 Å². The minimum Gasteiger partial charge on any atom is -0.316 e. The van der Waals surface area contributed by atoms with Gasteiger partial charge in [-0.25, -0.2) is 0 Å². The Labute approximate surface area is 124 Å². The van der Waals surface area contributed by atoms with Gasteiger partial charge in [-0.2, -0.15) is 0 Å². The topological polar surface area (TPSA) is 12.0 Å². The lowest BCUT2D eigenvalue weighted by atomic mass is 9.89. The second kappa shape index (κ2) is 7.56. The summed E-state index contributed by atoms with van der Waals surface area (Å²) in [5.74, 6) is 1.13. The Bertz CT molecular complexity index is 360. The van der Waals surface area contributed by atoms with Crippen molar-refractivity contribution < 1.29 is 0 Å². The molecule has 0 saturated heterocycles. The highest BCUT2D eigenvalue weighted by molar-refractivity contribution is 9.10. The first kappa shape index (κ1) is 16.1. The summed E-state index contributed by atoms with van der Waals surface area (Å²) in [6.45, 7) is 6.92. The first-order valence-electron chi connectivity index (χ1n) is 6.46. The van der Waals surface area contributed by atoms with E-state index in [4.69, 9.17) is 0 Å². The summed E-state index contributed by atoms with van der Waals surface area (Å²) in [4.78, 5) is 1.33. The summed E-state index contributed by atoms with van der Waals surface area (Å²) in [6.07, 6.45) is 2.50. The lowest BCUT2D eigenvalue weighted by molar-refractivity contribution is 0.343. The van der Waals surface area contributed by atoms with E-state index in [1.54, 1.807) is 0 Å². The molecule has 0 aliphatic rings. The molecule has 1 atom stereocenters. The predicted molar refractivity (Wildman–Crippen MR) is 86.4 cm³/mol. The molecular weight excluding hydrogens is 306 g/mol. The number of benzene rings is 1. The molecule has 102 valence electrons. The zero-order chi connectivity index (χ0) is 13.6. The van der Waals surface area contributed by atoms with E-state index in [0.717, 1.165) is 10.2 Å². The summed E-state index contributed by atoms with van der Waals surface area (Å²) in [6, 6.07) is 9.11. The Morgan fingerprint density at radius 2 is 2.06 bits per heavy atom. The Hall–Kier alpha value is 0.01000. The lowest BCUT2D eigenvalue weighted by Crippen LogP contribution is -2.29. The van der Waals surface area contributed by atoms with Crippen LogP contribution in [0.15, 0.2) is 33.6 Å². The van der Waals surface area contributed by atoms with Crippen LogP contribution < -0.4 is 5.32 Å². The van der Waals surface area contributed by atoms with Gasteiger partial charge in [0.2, 0.25) is 0 Å². The van der Waals surface area contributed by atoms with Crippen LogP contribution >= 0.6 is 27.7 Å². The molecular formula is C15H24BrNS. The number of rotatable bonds is 6. The van der Waals surface area contributed by atoms with Crippen LogP contribution in [-0.2, 0) is 0 Å². The summed E-state index contributed by atoms with van der Waals surface area (Å²) in [5.41, 5.74) is 0.426. The first-order valence-corrected chi connectivity index (χ1v) is 8.24. The molecule has 0 saturated carbocycles. The third-order valence-electron chi connectivity index (χ3n) is 2.90. The monoisotopic (exact) mass is 329 g/mol. The Balaban J connectivity index is 2.40. The molecule has 1 unspecified atom stereocenters. The zero-order valence-electron chi connectivity index (χ0n) is 11.8. The van der Waals surface area contributed by atoms with Gasteiger partial charge in [-0.1, -0.05) is 42.8 Å². The van der Waals surface area contributed by atoms with Gasteiger partial charge in [0.15, 0.2) is 0 Å². The van der Waals surface area contributed by atoms with Crippen molar-refractivity contribution in [3.63, 3.8) is 0 Å². The number of thioether (sulfide) groups is 1. The number of nitrogens with one attached hydrogen (secondary N) is 1. The quantitative estimate of drug-likeness (QED) is 0.740. The van der Waals surface area contributed by atoms with E-state index in [-0.39, 0.29) is 0 Å². The number of halogens is 1. The van der Waals surface area contributed by atoms with Gasteiger partial charge in [-0.3, -0.25) is 0 Å². The maximum absolute atomic E-state index is 3.51. The van der Waals surface area contributed by atoms with Crippen molar-refractivity contribution in [1.82, 2.24) is 5.32 Å². The summed E-state index contributed by atoms with van der Waals surface area (Å²) in [7, 11) is 2.06. The summed E-state index contributed by atoms with van der Waals surface area (Å²) in [5, 5.41) is 3.43. The first-order chi connectivity index (χ1) is 8.40. The van der Waals surface area contributed by atoms with Gasteiger partial charge in [-0.05, 0) is 43.5 Å². The fourth-order valence-corrected chi connectivity index (χ4v) is 3.33. The summed E-state index contributed by atoms with van der Waals surface area (Å²) < 4.78 is 1.16. The Morgan fingerprint density at radius 1 is 1.33 bits per heavy atom. The van der Waals surface area contributed by atoms with Gasteiger partial charge in [0.1, 0.15) is 0 Å². The third kappa shape index (κ3) is 6.81. The smallest absolute Gasteiger partial charge is 0.0186 e. The van der Waals surface area contributed by atoms with Crippen LogP contribution in [0, 0.1) is 5.41 Å². The average Bonchev–Trinajstić information content (AvgIpc) is 2.28. The van der Waals surface area contributed by atoms with Gasteiger partial charge in [-0.15, -0.1) is 11.8 Å². The third-order valence-corrected chi connectivity index (χ3v) is 4.55. The molecule has 0 heterocycles. The minimum atomic E-state index is 0.426. The highest BCUT2D eigenvalue weighted by atomic mass is 79.9. The fraction of sp³-hybridized carbons (Fsp3) is 0.600. The van der Waals surface area contributed by atoms with Crippen LogP contribution in [0.1, 0.15) is 33.6 Å². The molecule has 1 rings (SSSR count). The predicted octanol–water partition coefficient (Wildman–Crippen LogP) is 4.96. The van der Waals surface area contributed by atoms with Gasteiger partial charge < -0.3 is 5.32 Å². The van der Waals surface area contributed by atoms with Gasteiger partial charge in [0.05, 0.1) is 0 Å². The fourth-order valence-electron chi connectivity index (χ4n) is 1.67. The van der Waals surface area contributed by atoms with E-state index in [9.17, 15) is 0 Å². The molecule has 1 aromatic carbocycles. The molecule has 18 heavy (non-hydrogen) atoms. The van der Waals surface area contributed by atoms with Crippen LogP contribution in [0.5, 0.6) is 0 Å². The van der Waals surface area contributed by atoms with E-state index in [1.165, 1.54) is 17.7 Å². The molecule has 1 nitrogen and oxygen atoms in total. The molecule has 0 spiro atoms. The Kier molecular flexibility index (Phi) is 6.75. The lowest BCUT2D eigenvalue weighted by Gasteiger charge is -2.22. The van der Waals surface area contributed by atoms with Crippen molar-refractivity contribution in [3.05, 3.63) is 28.7 Å². The molecule has 0 fully saturated rings.